The fraction of sp³-hybridized carbons (Fsp3) is 0.357. The molecule has 0 aliphatic carbocycles. The quantitative estimate of drug-likeness (QED) is 0.628. The van der Waals surface area contributed by atoms with Gasteiger partial charge >= 0.3 is 11.9 Å². The highest BCUT2D eigenvalue weighted by atomic mass is 16.5. The van der Waals surface area contributed by atoms with Gasteiger partial charge in [0.05, 0.1) is 0 Å². The first-order valence-electron chi connectivity index (χ1n) is 6.13. The standard InChI is InChI=1S/C14H17NO5/c1-8(2)12(14(18)19)15-13(17)10-4-6-11(7-5-10)20-9(3)16/h4-8,12H,1-3H3,(H,15,17)(H,18,19). The summed E-state index contributed by atoms with van der Waals surface area (Å²) in [6.45, 7) is 4.70. The van der Waals surface area contributed by atoms with Crippen LogP contribution in [0.15, 0.2) is 24.3 Å². The fourth-order valence-electron chi connectivity index (χ4n) is 1.58. The van der Waals surface area contributed by atoms with Crippen molar-refractivity contribution >= 4 is 17.8 Å². The lowest BCUT2D eigenvalue weighted by molar-refractivity contribution is -0.140. The highest BCUT2D eigenvalue weighted by Gasteiger charge is 2.23. The van der Waals surface area contributed by atoms with Crippen LogP contribution in [0.25, 0.3) is 0 Å². The van der Waals surface area contributed by atoms with Gasteiger partial charge in [-0.1, -0.05) is 13.8 Å². The van der Waals surface area contributed by atoms with Crippen LogP contribution in [0.4, 0.5) is 0 Å². The average molecular weight is 279 g/mol. The number of carboxylic acids is 1. The molecule has 0 radical (unpaired) electrons. The third-order valence-electron chi connectivity index (χ3n) is 2.60. The van der Waals surface area contributed by atoms with Gasteiger partial charge in [0.2, 0.25) is 0 Å². The van der Waals surface area contributed by atoms with Crippen LogP contribution in [0, 0.1) is 5.92 Å². The lowest BCUT2D eigenvalue weighted by Crippen LogP contribution is -2.44. The number of carbonyl (C=O) groups is 3. The van der Waals surface area contributed by atoms with Gasteiger partial charge in [0.15, 0.2) is 0 Å². The minimum Gasteiger partial charge on any atom is -0.480 e. The summed E-state index contributed by atoms with van der Waals surface area (Å²) < 4.78 is 4.84. The summed E-state index contributed by atoms with van der Waals surface area (Å²) in [6.07, 6.45) is 0. The normalized spacial score (nSPS) is 11.8. The number of hydrogen-bond donors (Lipinski definition) is 2. The molecule has 6 heteroatoms. The average Bonchev–Trinajstić information content (AvgIpc) is 2.35. The van der Waals surface area contributed by atoms with Crippen LogP contribution >= 0.6 is 0 Å². The summed E-state index contributed by atoms with van der Waals surface area (Å²) in [5, 5.41) is 11.5. The Morgan fingerprint density at radius 1 is 1.15 bits per heavy atom. The van der Waals surface area contributed by atoms with Gasteiger partial charge in [0.1, 0.15) is 11.8 Å². The van der Waals surface area contributed by atoms with Crippen LogP contribution in [0.5, 0.6) is 5.75 Å². The molecule has 20 heavy (non-hydrogen) atoms. The Hall–Kier alpha value is -2.37. The van der Waals surface area contributed by atoms with E-state index in [-0.39, 0.29) is 5.92 Å². The minimum atomic E-state index is -1.08. The molecule has 0 fully saturated rings. The highest BCUT2D eigenvalue weighted by molar-refractivity contribution is 5.96. The van der Waals surface area contributed by atoms with Crippen molar-refractivity contribution in [3.8, 4) is 5.75 Å². The number of carbonyl (C=O) groups excluding carboxylic acids is 2. The monoisotopic (exact) mass is 279 g/mol. The molecule has 0 heterocycles. The summed E-state index contributed by atoms with van der Waals surface area (Å²) in [5.41, 5.74) is 0.299. The molecule has 0 aliphatic rings. The summed E-state index contributed by atoms with van der Waals surface area (Å²) >= 11 is 0. The van der Waals surface area contributed by atoms with E-state index in [1.54, 1.807) is 13.8 Å². The predicted octanol–water partition coefficient (Wildman–Crippen LogP) is 1.45. The van der Waals surface area contributed by atoms with E-state index < -0.39 is 23.9 Å². The van der Waals surface area contributed by atoms with Crippen molar-refractivity contribution in [2.24, 2.45) is 5.92 Å². The van der Waals surface area contributed by atoms with Crippen molar-refractivity contribution in [3.05, 3.63) is 29.8 Å². The maximum atomic E-state index is 11.9. The number of aliphatic carboxylic acids is 1. The van der Waals surface area contributed by atoms with Crippen LogP contribution in [-0.4, -0.2) is 29.0 Å². The largest absolute Gasteiger partial charge is 0.480 e. The predicted molar refractivity (Wildman–Crippen MR) is 71.5 cm³/mol. The van der Waals surface area contributed by atoms with E-state index in [2.05, 4.69) is 5.32 Å². The second-order valence-electron chi connectivity index (χ2n) is 4.65. The van der Waals surface area contributed by atoms with Crippen LogP contribution in [-0.2, 0) is 9.59 Å². The van der Waals surface area contributed by atoms with Crippen molar-refractivity contribution in [3.63, 3.8) is 0 Å². The van der Waals surface area contributed by atoms with Crippen LogP contribution in [0.1, 0.15) is 31.1 Å². The molecule has 0 saturated heterocycles. The first kappa shape index (κ1) is 15.7. The number of benzene rings is 1. The zero-order valence-electron chi connectivity index (χ0n) is 11.5. The molecule has 0 bridgehead atoms. The molecule has 0 aliphatic heterocycles. The number of hydrogen-bond acceptors (Lipinski definition) is 4. The summed E-state index contributed by atoms with van der Waals surface area (Å²) in [7, 11) is 0. The van der Waals surface area contributed by atoms with Gasteiger partial charge in [-0.25, -0.2) is 4.79 Å². The van der Waals surface area contributed by atoms with E-state index in [1.165, 1.54) is 31.2 Å². The molecule has 2 N–H and O–H groups in total. The molecule has 1 amide bonds. The molecule has 6 nitrogen and oxygen atoms in total. The lowest BCUT2D eigenvalue weighted by Gasteiger charge is -2.17. The Kier molecular flexibility index (Phi) is 5.25. The third-order valence-corrected chi connectivity index (χ3v) is 2.60. The maximum absolute atomic E-state index is 11.9. The van der Waals surface area contributed by atoms with Crippen molar-refractivity contribution in [1.82, 2.24) is 5.32 Å². The highest BCUT2D eigenvalue weighted by Crippen LogP contribution is 2.13. The van der Waals surface area contributed by atoms with E-state index >= 15 is 0 Å². The first-order chi connectivity index (χ1) is 9.31. The van der Waals surface area contributed by atoms with Crippen molar-refractivity contribution in [2.45, 2.75) is 26.8 Å². The molecule has 1 aromatic carbocycles. The van der Waals surface area contributed by atoms with Gasteiger partial charge in [-0.2, -0.15) is 0 Å². The van der Waals surface area contributed by atoms with Crippen LogP contribution in [0.3, 0.4) is 0 Å². The summed E-state index contributed by atoms with van der Waals surface area (Å²) in [4.78, 5) is 33.7. The second kappa shape index (κ2) is 6.70. The van der Waals surface area contributed by atoms with Gasteiger partial charge in [-0.3, -0.25) is 9.59 Å². The number of esters is 1. The van der Waals surface area contributed by atoms with Crippen molar-refractivity contribution < 1.29 is 24.2 Å². The molecule has 0 aromatic heterocycles. The molecule has 108 valence electrons. The van der Waals surface area contributed by atoms with E-state index in [9.17, 15) is 14.4 Å². The first-order valence-corrected chi connectivity index (χ1v) is 6.13. The van der Waals surface area contributed by atoms with Crippen molar-refractivity contribution in [1.29, 1.82) is 0 Å². The third kappa shape index (κ3) is 4.38. The molecule has 0 saturated carbocycles. The van der Waals surface area contributed by atoms with E-state index in [1.807, 2.05) is 0 Å². The number of rotatable bonds is 5. The number of amides is 1. The van der Waals surface area contributed by atoms with E-state index in [0.717, 1.165) is 0 Å². The van der Waals surface area contributed by atoms with Gasteiger partial charge in [0.25, 0.3) is 5.91 Å². The molecular formula is C14H17NO5. The van der Waals surface area contributed by atoms with E-state index in [0.29, 0.717) is 11.3 Å². The molecule has 1 unspecified atom stereocenters. The second-order valence-corrected chi connectivity index (χ2v) is 4.65. The van der Waals surface area contributed by atoms with Gasteiger partial charge in [-0.05, 0) is 30.2 Å². The molecule has 1 rings (SSSR count). The number of nitrogens with one attached hydrogen (secondary N) is 1. The smallest absolute Gasteiger partial charge is 0.326 e. The fourth-order valence-corrected chi connectivity index (χ4v) is 1.58. The Bertz CT molecular complexity index is 507. The number of ether oxygens (including phenoxy) is 1. The zero-order chi connectivity index (χ0) is 15.3. The van der Waals surface area contributed by atoms with Gasteiger partial charge in [0, 0.05) is 12.5 Å². The summed E-state index contributed by atoms with van der Waals surface area (Å²) in [6, 6.07) is 4.93. The Morgan fingerprint density at radius 2 is 1.70 bits per heavy atom. The molecule has 0 spiro atoms. The van der Waals surface area contributed by atoms with Gasteiger partial charge in [-0.15, -0.1) is 0 Å². The molecular weight excluding hydrogens is 262 g/mol. The zero-order valence-corrected chi connectivity index (χ0v) is 11.5. The van der Waals surface area contributed by atoms with Crippen molar-refractivity contribution in [2.75, 3.05) is 0 Å². The van der Waals surface area contributed by atoms with Crippen LogP contribution in [0.2, 0.25) is 0 Å². The van der Waals surface area contributed by atoms with E-state index in [4.69, 9.17) is 9.84 Å². The minimum absolute atomic E-state index is 0.225. The SMILES string of the molecule is CC(=O)Oc1ccc(C(=O)NC(C(=O)O)C(C)C)cc1. The Morgan fingerprint density at radius 3 is 2.10 bits per heavy atom. The molecule has 1 atom stereocenters. The molecule has 1 aromatic rings. The summed E-state index contributed by atoms with van der Waals surface area (Å²) in [5.74, 6) is -1.91. The topological polar surface area (TPSA) is 92.7 Å². The van der Waals surface area contributed by atoms with Crippen LogP contribution < -0.4 is 10.1 Å². The maximum Gasteiger partial charge on any atom is 0.326 e. The number of carboxylic acid groups (broad SMARTS) is 1. The Labute approximate surface area is 116 Å². The Balaban J connectivity index is 2.77. The van der Waals surface area contributed by atoms with Gasteiger partial charge < -0.3 is 15.2 Å². The lowest BCUT2D eigenvalue weighted by atomic mass is 10.0.